The zero-order valence-electron chi connectivity index (χ0n) is 9.28. The van der Waals surface area contributed by atoms with Crippen molar-refractivity contribution in [2.75, 3.05) is 19.1 Å². The maximum atomic E-state index is 11.4. The third-order valence-corrected chi connectivity index (χ3v) is 2.53. The molecule has 6 heteroatoms. The van der Waals surface area contributed by atoms with Gasteiger partial charge in [0.05, 0.1) is 13.2 Å². The van der Waals surface area contributed by atoms with E-state index in [1.54, 1.807) is 18.7 Å². The van der Waals surface area contributed by atoms with Gasteiger partial charge < -0.3 is 15.8 Å². The van der Waals surface area contributed by atoms with E-state index in [9.17, 15) is 9.59 Å². The Labute approximate surface area is 94.1 Å². The van der Waals surface area contributed by atoms with Crippen LogP contribution in [0, 0.1) is 0 Å². The quantitative estimate of drug-likeness (QED) is 0.619. The van der Waals surface area contributed by atoms with Gasteiger partial charge >= 0.3 is 5.97 Å². The average molecular weight is 234 g/mol. The van der Waals surface area contributed by atoms with Gasteiger partial charge in [-0.25, -0.2) is 4.79 Å². The van der Waals surface area contributed by atoms with Crippen LogP contribution in [0.5, 0.6) is 0 Å². The standard InChI is InChI=1S/C9H18N2O3S/c1-6(9(13)14-2)11-8(12)7(10)4-5-15-3/h6-7H,4-5,10H2,1-3H3,(H,11,12)/t6?,7-/m0/s1. The van der Waals surface area contributed by atoms with E-state index in [1.807, 2.05) is 6.26 Å². The number of esters is 1. The summed E-state index contributed by atoms with van der Waals surface area (Å²) in [5.41, 5.74) is 5.62. The van der Waals surface area contributed by atoms with Crippen LogP contribution < -0.4 is 11.1 Å². The number of rotatable bonds is 6. The first-order valence-electron chi connectivity index (χ1n) is 4.65. The van der Waals surface area contributed by atoms with Crippen molar-refractivity contribution >= 4 is 23.6 Å². The van der Waals surface area contributed by atoms with E-state index >= 15 is 0 Å². The van der Waals surface area contributed by atoms with E-state index in [-0.39, 0.29) is 5.91 Å². The second-order valence-electron chi connectivity index (χ2n) is 3.14. The van der Waals surface area contributed by atoms with Crippen LogP contribution in [0.15, 0.2) is 0 Å². The van der Waals surface area contributed by atoms with E-state index in [2.05, 4.69) is 10.1 Å². The Bertz CT molecular complexity index is 223. The minimum atomic E-state index is -0.650. The molecule has 0 rings (SSSR count). The molecule has 2 atom stereocenters. The van der Waals surface area contributed by atoms with Gasteiger partial charge in [0.15, 0.2) is 0 Å². The molecule has 0 aliphatic carbocycles. The molecule has 0 aliphatic heterocycles. The molecule has 1 unspecified atom stereocenters. The van der Waals surface area contributed by atoms with Gasteiger partial charge in [-0.3, -0.25) is 4.79 Å². The lowest BCUT2D eigenvalue weighted by Gasteiger charge is -2.15. The predicted molar refractivity (Wildman–Crippen MR) is 60.6 cm³/mol. The molecule has 0 radical (unpaired) electrons. The number of nitrogens with one attached hydrogen (secondary N) is 1. The lowest BCUT2D eigenvalue weighted by Crippen LogP contribution is -2.47. The molecule has 0 aromatic carbocycles. The molecule has 0 spiro atoms. The zero-order chi connectivity index (χ0) is 11.8. The largest absolute Gasteiger partial charge is 0.467 e. The third-order valence-electron chi connectivity index (χ3n) is 1.88. The summed E-state index contributed by atoms with van der Waals surface area (Å²) in [5, 5.41) is 2.49. The van der Waals surface area contributed by atoms with Crippen LogP contribution >= 0.6 is 11.8 Å². The number of carbonyl (C=O) groups is 2. The van der Waals surface area contributed by atoms with Crippen molar-refractivity contribution in [1.82, 2.24) is 5.32 Å². The number of methoxy groups -OCH3 is 1. The fraction of sp³-hybridized carbons (Fsp3) is 0.778. The molecular weight excluding hydrogens is 216 g/mol. The summed E-state index contributed by atoms with van der Waals surface area (Å²) in [4.78, 5) is 22.4. The summed E-state index contributed by atoms with van der Waals surface area (Å²) >= 11 is 1.63. The maximum Gasteiger partial charge on any atom is 0.328 e. The highest BCUT2D eigenvalue weighted by Gasteiger charge is 2.19. The normalized spacial score (nSPS) is 14.1. The van der Waals surface area contributed by atoms with Gasteiger partial charge in [-0.2, -0.15) is 11.8 Å². The number of hydrogen-bond acceptors (Lipinski definition) is 5. The first-order chi connectivity index (χ1) is 7.02. The van der Waals surface area contributed by atoms with E-state index in [4.69, 9.17) is 5.73 Å². The van der Waals surface area contributed by atoms with Gasteiger partial charge in [-0.15, -0.1) is 0 Å². The van der Waals surface area contributed by atoms with Crippen LogP contribution in [0.2, 0.25) is 0 Å². The van der Waals surface area contributed by atoms with Crippen molar-refractivity contribution in [3.05, 3.63) is 0 Å². The minimum absolute atomic E-state index is 0.318. The van der Waals surface area contributed by atoms with Crippen LogP contribution in [0.1, 0.15) is 13.3 Å². The van der Waals surface area contributed by atoms with Gasteiger partial charge in [0.2, 0.25) is 5.91 Å². The van der Waals surface area contributed by atoms with Gasteiger partial charge in [0.25, 0.3) is 0 Å². The van der Waals surface area contributed by atoms with Crippen LogP contribution in [0.3, 0.4) is 0 Å². The summed E-state index contributed by atoms with van der Waals surface area (Å²) in [6.45, 7) is 1.56. The summed E-state index contributed by atoms with van der Waals surface area (Å²) in [5.74, 6) is 0.0312. The predicted octanol–water partition coefficient (Wildman–Crippen LogP) is -0.255. The van der Waals surface area contributed by atoms with Crippen LogP contribution in [0.25, 0.3) is 0 Å². The summed E-state index contributed by atoms with van der Waals surface area (Å²) < 4.78 is 4.48. The maximum absolute atomic E-state index is 11.4. The van der Waals surface area contributed by atoms with Crippen LogP contribution in [-0.4, -0.2) is 43.1 Å². The molecule has 1 amide bonds. The van der Waals surface area contributed by atoms with E-state index in [0.29, 0.717) is 6.42 Å². The topological polar surface area (TPSA) is 81.4 Å². The Balaban J connectivity index is 3.95. The lowest BCUT2D eigenvalue weighted by atomic mass is 10.2. The highest BCUT2D eigenvalue weighted by Crippen LogP contribution is 1.99. The van der Waals surface area contributed by atoms with Crippen LogP contribution in [-0.2, 0) is 14.3 Å². The minimum Gasteiger partial charge on any atom is -0.467 e. The highest BCUT2D eigenvalue weighted by atomic mass is 32.2. The number of thioether (sulfide) groups is 1. The molecule has 0 bridgehead atoms. The smallest absolute Gasteiger partial charge is 0.328 e. The summed E-state index contributed by atoms with van der Waals surface area (Å²) in [6, 6.07) is -1.22. The monoisotopic (exact) mass is 234 g/mol. The second-order valence-corrected chi connectivity index (χ2v) is 4.13. The zero-order valence-corrected chi connectivity index (χ0v) is 10.1. The van der Waals surface area contributed by atoms with Crippen molar-refractivity contribution < 1.29 is 14.3 Å². The Kier molecular flexibility index (Phi) is 7.15. The molecule has 0 aliphatic rings. The molecule has 0 heterocycles. The van der Waals surface area contributed by atoms with Gasteiger partial charge in [-0.05, 0) is 25.4 Å². The number of nitrogens with two attached hydrogens (primary N) is 1. The fourth-order valence-corrected chi connectivity index (χ4v) is 1.42. The van der Waals surface area contributed by atoms with Crippen molar-refractivity contribution in [2.45, 2.75) is 25.4 Å². The Morgan fingerprint density at radius 1 is 1.53 bits per heavy atom. The molecule has 5 nitrogen and oxygen atoms in total. The third kappa shape index (κ3) is 5.64. The molecule has 0 aromatic heterocycles. The number of ether oxygens (including phenoxy) is 1. The molecular formula is C9H18N2O3S. The lowest BCUT2D eigenvalue weighted by molar-refractivity contribution is -0.144. The highest BCUT2D eigenvalue weighted by molar-refractivity contribution is 7.98. The Morgan fingerprint density at radius 2 is 2.13 bits per heavy atom. The summed E-state index contributed by atoms with van der Waals surface area (Å²) in [7, 11) is 1.28. The van der Waals surface area contributed by atoms with Crippen molar-refractivity contribution in [3.8, 4) is 0 Å². The molecule has 0 saturated heterocycles. The number of carbonyl (C=O) groups excluding carboxylic acids is 2. The van der Waals surface area contributed by atoms with E-state index in [0.717, 1.165) is 5.75 Å². The number of amides is 1. The molecule has 88 valence electrons. The Hall–Kier alpha value is -0.750. The van der Waals surface area contributed by atoms with Crippen molar-refractivity contribution in [1.29, 1.82) is 0 Å². The molecule has 3 N–H and O–H groups in total. The molecule has 0 aromatic rings. The first kappa shape index (κ1) is 14.2. The first-order valence-corrected chi connectivity index (χ1v) is 6.05. The fourth-order valence-electron chi connectivity index (χ4n) is 0.932. The molecule has 15 heavy (non-hydrogen) atoms. The van der Waals surface area contributed by atoms with Crippen molar-refractivity contribution in [2.24, 2.45) is 5.73 Å². The molecule has 0 fully saturated rings. The van der Waals surface area contributed by atoms with E-state index in [1.165, 1.54) is 7.11 Å². The summed E-state index contributed by atoms with van der Waals surface area (Å²) in [6.07, 6.45) is 2.54. The molecule has 0 saturated carbocycles. The number of hydrogen-bond donors (Lipinski definition) is 2. The average Bonchev–Trinajstić information content (AvgIpc) is 2.24. The Morgan fingerprint density at radius 3 is 2.60 bits per heavy atom. The van der Waals surface area contributed by atoms with Gasteiger partial charge in [0.1, 0.15) is 6.04 Å². The van der Waals surface area contributed by atoms with Crippen LogP contribution in [0.4, 0.5) is 0 Å². The SMILES string of the molecule is COC(=O)C(C)NC(=O)[C@@H](N)CCSC. The van der Waals surface area contributed by atoms with Gasteiger partial charge in [0, 0.05) is 0 Å². The van der Waals surface area contributed by atoms with E-state index < -0.39 is 18.1 Å². The van der Waals surface area contributed by atoms with Crippen molar-refractivity contribution in [3.63, 3.8) is 0 Å². The second kappa shape index (κ2) is 7.53. The van der Waals surface area contributed by atoms with Gasteiger partial charge in [-0.1, -0.05) is 0 Å².